The lowest BCUT2D eigenvalue weighted by Gasteiger charge is -2.41. The molecule has 2 heterocycles. The van der Waals surface area contributed by atoms with Crippen LogP contribution < -0.4 is 15.5 Å². The number of alkyl halides is 1. The number of carbonyl (C=O) groups excluding carboxylic acids is 1. The zero-order chi connectivity index (χ0) is 33.1. The molecule has 0 bridgehead atoms. The van der Waals surface area contributed by atoms with Crippen molar-refractivity contribution in [2.24, 2.45) is 0 Å². The Labute approximate surface area is 261 Å². The van der Waals surface area contributed by atoms with Crippen molar-refractivity contribution in [3.63, 3.8) is 0 Å². The molecule has 1 saturated carbocycles. The molecule has 1 amide bonds. The fraction of sp³-hybridized carbons (Fsp3) is 0.452. The zero-order valence-corrected chi connectivity index (χ0v) is 24.8. The van der Waals surface area contributed by atoms with Gasteiger partial charge in [-0.3, -0.25) is 15.1 Å². The van der Waals surface area contributed by atoms with Crippen molar-refractivity contribution in [1.29, 1.82) is 0 Å². The normalized spacial score (nSPS) is 32.0. The lowest BCUT2D eigenvalue weighted by molar-refractivity contribution is -0.155. The molecule has 0 spiro atoms. The Hall–Kier alpha value is -3.70. The number of fused-ring (bicyclic) bond motifs is 1. The first kappa shape index (κ1) is 33.7. The molecule has 6 N–H and O–H groups in total. The van der Waals surface area contributed by atoms with Crippen LogP contribution in [0.2, 0.25) is 0 Å². The fourth-order valence-electron chi connectivity index (χ4n) is 5.34. The van der Waals surface area contributed by atoms with E-state index >= 15 is 4.39 Å². The Kier molecular flexibility index (Phi) is 10.5. The van der Waals surface area contributed by atoms with E-state index in [1.54, 1.807) is 6.92 Å². The molecule has 3 aliphatic rings. The lowest BCUT2D eigenvalue weighted by Crippen LogP contribution is -2.67. The molecular formula is C31H35F3N2O10. The number of nitrogens with one attached hydrogen (secondary N) is 2. The summed E-state index contributed by atoms with van der Waals surface area (Å²) in [5, 5.41) is 44.2. The summed E-state index contributed by atoms with van der Waals surface area (Å²) in [6.45, 7) is 2.99. The lowest BCUT2D eigenvalue weighted by atomic mass is 9.83. The van der Waals surface area contributed by atoms with Gasteiger partial charge in [0.25, 0.3) is 6.29 Å². The van der Waals surface area contributed by atoms with Gasteiger partial charge in [0.15, 0.2) is 23.4 Å². The number of rotatable bonds is 10. The van der Waals surface area contributed by atoms with Crippen molar-refractivity contribution >= 4 is 12.0 Å². The second-order valence-electron chi connectivity index (χ2n) is 11.1. The number of hydrogen-bond acceptors (Lipinski definition) is 11. The minimum absolute atomic E-state index is 0.0398. The number of hydrogen-bond donors (Lipinski definition) is 6. The minimum atomic E-state index is -2.07. The topological polar surface area (TPSA) is 168 Å². The number of hydroxylamine groups is 1. The van der Waals surface area contributed by atoms with E-state index in [0.717, 1.165) is 6.07 Å². The van der Waals surface area contributed by atoms with E-state index < -0.39 is 72.7 Å². The second-order valence-corrected chi connectivity index (χ2v) is 11.1. The van der Waals surface area contributed by atoms with E-state index in [1.165, 1.54) is 49.4 Å². The van der Waals surface area contributed by atoms with Crippen LogP contribution >= 0.6 is 0 Å². The van der Waals surface area contributed by atoms with Gasteiger partial charge < -0.3 is 44.7 Å². The molecular weight excluding hydrogens is 617 g/mol. The standard InChI is InChI=1S/C31H35F3N2O10/c1-3-19(36-44-12-15-4-7-17(32)8-5-15)27-23(37)21(34)31(46-27)45-20-9-6-16(11-18(20)33)10-14(2)30(41)35-22-24(38)26(40)29-28(25(22)39)42-13-43-29/h4-11,21-26,28-29,31,36-40H,3,12-13H2,1-2H3,(H,35,41)/t21-,22+,23-,24-,25+,26+,28-,29+,31+/m0/s1. The van der Waals surface area contributed by atoms with Gasteiger partial charge in [-0.15, -0.1) is 0 Å². The summed E-state index contributed by atoms with van der Waals surface area (Å²) >= 11 is 0. The van der Waals surface area contributed by atoms with Crippen molar-refractivity contribution in [2.45, 2.75) is 82.0 Å². The summed E-state index contributed by atoms with van der Waals surface area (Å²) in [5.74, 6) is -2.57. The Bertz CT molecular complexity index is 1460. The van der Waals surface area contributed by atoms with Crippen LogP contribution in [0.4, 0.5) is 13.2 Å². The quantitative estimate of drug-likeness (QED) is 0.163. The van der Waals surface area contributed by atoms with Crippen molar-refractivity contribution in [2.75, 3.05) is 6.79 Å². The van der Waals surface area contributed by atoms with Crippen molar-refractivity contribution < 1.29 is 62.2 Å². The van der Waals surface area contributed by atoms with E-state index in [4.69, 9.17) is 23.8 Å². The average molecular weight is 653 g/mol. The van der Waals surface area contributed by atoms with Gasteiger partial charge in [-0.25, -0.2) is 13.2 Å². The molecule has 46 heavy (non-hydrogen) atoms. The third kappa shape index (κ3) is 7.15. The number of aliphatic hydroxyl groups excluding tert-OH is 4. The minimum Gasteiger partial charge on any atom is -0.451 e. The molecule has 3 fully saturated rings. The number of aliphatic hydroxyl groups is 4. The Balaban J connectivity index is 1.20. The predicted molar refractivity (Wildman–Crippen MR) is 153 cm³/mol. The van der Waals surface area contributed by atoms with Gasteiger partial charge in [-0.05, 0) is 54.8 Å². The zero-order valence-electron chi connectivity index (χ0n) is 24.8. The number of halogens is 3. The van der Waals surface area contributed by atoms with Crippen LogP contribution in [-0.2, 0) is 30.4 Å². The highest BCUT2D eigenvalue weighted by Crippen LogP contribution is 2.33. The smallest absolute Gasteiger partial charge is 0.275 e. The Morgan fingerprint density at radius 1 is 1.02 bits per heavy atom. The monoisotopic (exact) mass is 652 g/mol. The molecule has 2 saturated heterocycles. The Morgan fingerprint density at radius 3 is 2.39 bits per heavy atom. The van der Waals surface area contributed by atoms with E-state index in [9.17, 15) is 34.0 Å². The second kappa shape index (κ2) is 14.4. The first-order valence-electron chi connectivity index (χ1n) is 14.5. The van der Waals surface area contributed by atoms with Crippen LogP contribution in [0.15, 0.2) is 59.5 Å². The van der Waals surface area contributed by atoms with E-state index in [1.807, 2.05) is 0 Å². The summed E-state index contributed by atoms with van der Waals surface area (Å²) < 4.78 is 64.5. The molecule has 5 rings (SSSR count). The van der Waals surface area contributed by atoms with Crippen LogP contribution in [0.5, 0.6) is 5.75 Å². The molecule has 12 nitrogen and oxygen atoms in total. The third-order valence-electron chi connectivity index (χ3n) is 7.91. The van der Waals surface area contributed by atoms with E-state index in [0.29, 0.717) is 5.56 Å². The molecule has 0 radical (unpaired) electrons. The SMILES string of the molecule is CCC(NOCc1ccc(F)cc1)=C1O[C@@H](Oc2ccc(C=C(C)C(=O)N[C@@H]3[C@H](O)[C@@H](O)[C@H]4OCO[C@H]4[C@@H]3O)cc2F)[C@@H](F)[C@@H]1O. The first-order valence-corrected chi connectivity index (χ1v) is 14.5. The average Bonchev–Trinajstić information content (AvgIpc) is 3.64. The van der Waals surface area contributed by atoms with Crippen molar-refractivity contribution in [1.82, 2.24) is 10.8 Å². The van der Waals surface area contributed by atoms with E-state index in [2.05, 4.69) is 10.8 Å². The van der Waals surface area contributed by atoms with Gasteiger partial charge >= 0.3 is 0 Å². The molecule has 250 valence electrons. The largest absolute Gasteiger partial charge is 0.451 e. The number of amides is 1. The third-order valence-corrected chi connectivity index (χ3v) is 7.91. The van der Waals surface area contributed by atoms with Gasteiger partial charge in [0.05, 0.1) is 18.3 Å². The predicted octanol–water partition coefficient (Wildman–Crippen LogP) is 1.47. The highest BCUT2D eigenvalue weighted by molar-refractivity contribution is 5.97. The van der Waals surface area contributed by atoms with Gasteiger partial charge in [-0.1, -0.05) is 25.1 Å². The maximum Gasteiger partial charge on any atom is 0.275 e. The molecule has 1 aliphatic carbocycles. The summed E-state index contributed by atoms with van der Waals surface area (Å²) in [6.07, 6.45) is -10.1. The number of ether oxygens (including phenoxy) is 4. The number of carbonyl (C=O) groups is 1. The van der Waals surface area contributed by atoms with Gasteiger partial charge in [0.2, 0.25) is 12.1 Å². The Morgan fingerprint density at radius 2 is 1.72 bits per heavy atom. The van der Waals surface area contributed by atoms with Crippen LogP contribution in [0.1, 0.15) is 31.4 Å². The molecule has 2 aromatic rings. The maximum absolute atomic E-state index is 15.0. The maximum atomic E-state index is 15.0. The highest BCUT2D eigenvalue weighted by atomic mass is 19.1. The molecule has 0 unspecified atom stereocenters. The molecule has 9 atom stereocenters. The van der Waals surface area contributed by atoms with Gasteiger partial charge in [0, 0.05) is 5.57 Å². The molecule has 2 aromatic carbocycles. The summed E-state index contributed by atoms with van der Waals surface area (Å²) in [7, 11) is 0. The summed E-state index contributed by atoms with van der Waals surface area (Å²) in [5.41, 5.74) is 3.81. The van der Waals surface area contributed by atoms with Crippen LogP contribution in [0.25, 0.3) is 6.08 Å². The molecule has 15 heteroatoms. The fourth-order valence-corrected chi connectivity index (χ4v) is 5.34. The van der Waals surface area contributed by atoms with Crippen molar-refractivity contribution in [3.8, 4) is 5.75 Å². The van der Waals surface area contributed by atoms with Gasteiger partial charge in [0.1, 0.15) is 43.1 Å². The highest BCUT2D eigenvalue weighted by Gasteiger charge is 2.53. The first-order chi connectivity index (χ1) is 22.0. The van der Waals surface area contributed by atoms with Gasteiger partial charge in [-0.2, -0.15) is 0 Å². The van der Waals surface area contributed by atoms with E-state index in [-0.39, 0.29) is 48.2 Å². The van der Waals surface area contributed by atoms with Crippen molar-refractivity contribution in [3.05, 3.63) is 82.3 Å². The summed E-state index contributed by atoms with van der Waals surface area (Å²) in [6, 6.07) is 7.97. The number of allylic oxidation sites excluding steroid dienone is 1. The molecule has 2 aliphatic heterocycles. The molecule has 0 aromatic heterocycles. The number of benzene rings is 2. The van der Waals surface area contributed by atoms with Crippen LogP contribution in [-0.4, -0.2) is 88.3 Å². The van der Waals surface area contributed by atoms with Crippen LogP contribution in [0, 0.1) is 11.6 Å². The van der Waals surface area contributed by atoms with Crippen LogP contribution in [0.3, 0.4) is 0 Å². The summed E-state index contributed by atoms with van der Waals surface area (Å²) in [4.78, 5) is 18.2.